The van der Waals surface area contributed by atoms with Gasteiger partial charge in [0.1, 0.15) is 0 Å². The zero-order valence-corrected chi connectivity index (χ0v) is 14.4. The lowest BCUT2D eigenvalue weighted by atomic mass is 10.1. The highest BCUT2D eigenvalue weighted by molar-refractivity contribution is 7.92. The fourth-order valence-electron chi connectivity index (χ4n) is 2.83. The highest BCUT2D eigenvalue weighted by Crippen LogP contribution is 2.34. The third-order valence-electron chi connectivity index (χ3n) is 3.86. The first-order valence-electron chi connectivity index (χ1n) is 7.60. The Balaban J connectivity index is 2.17. The van der Waals surface area contributed by atoms with Crippen molar-refractivity contribution < 1.29 is 13.2 Å². The van der Waals surface area contributed by atoms with Crippen LogP contribution in [0.5, 0.6) is 0 Å². The summed E-state index contributed by atoms with van der Waals surface area (Å²) in [7, 11) is -3.29. The highest BCUT2D eigenvalue weighted by atomic mass is 32.2. The van der Waals surface area contributed by atoms with E-state index >= 15 is 0 Å². The molecule has 1 unspecified atom stereocenters. The van der Waals surface area contributed by atoms with Crippen molar-refractivity contribution in [2.45, 2.75) is 39.7 Å². The van der Waals surface area contributed by atoms with Gasteiger partial charge >= 0.3 is 0 Å². The summed E-state index contributed by atoms with van der Waals surface area (Å²) in [5.74, 6) is 0.443. The number of fused-ring (bicyclic) bond motifs is 1. The average Bonchev–Trinajstić information content (AvgIpc) is 2.72. The Morgan fingerprint density at radius 3 is 2.68 bits per heavy atom. The summed E-state index contributed by atoms with van der Waals surface area (Å²) in [5, 5.41) is 2.90. The minimum atomic E-state index is -3.29. The van der Waals surface area contributed by atoms with Crippen LogP contribution < -0.4 is 9.62 Å². The van der Waals surface area contributed by atoms with Crippen LogP contribution in [0.25, 0.3) is 0 Å². The summed E-state index contributed by atoms with van der Waals surface area (Å²) < 4.78 is 25.2. The van der Waals surface area contributed by atoms with Gasteiger partial charge < -0.3 is 5.32 Å². The summed E-state index contributed by atoms with van der Waals surface area (Å²) in [6.45, 7) is 6.76. The SMILES string of the molecule is CC(C)CCNC(=O)c1ccc2c(c1)CC(C)N2S(C)(=O)=O. The Morgan fingerprint density at radius 1 is 1.41 bits per heavy atom. The fourth-order valence-corrected chi connectivity index (χ4v) is 4.09. The Labute approximate surface area is 132 Å². The number of benzene rings is 1. The maximum Gasteiger partial charge on any atom is 0.251 e. The summed E-state index contributed by atoms with van der Waals surface area (Å²) >= 11 is 0. The minimum Gasteiger partial charge on any atom is -0.352 e. The molecule has 1 aliphatic rings. The molecule has 0 saturated carbocycles. The number of anilines is 1. The zero-order valence-electron chi connectivity index (χ0n) is 13.6. The lowest BCUT2D eigenvalue weighted by Gasteiger charge is -2.21. The molecule has 0 spiro atoms. The first kappa shape index (κ1) is 16.8. The van der Waals surface area contributed by atoms with Crippen LogP contribution in [0.15, 0.2) is 18.2 Å². The van der Waals surface area contributed by atoms with Crippen molar-refractivity contribution in [2.24, 2.45) is 5.92 Å². The van der Waals surface area contributed by atoms with E-state index in [0.29, 0.717) is 30.1 Å². The van der Waals surface area contributed by atoms with Gasteiger partial charge in [-0.3, -0.25) is 9.10 Å². The number of carbonyl (C=O) groups is 1. The maximum atomic E-state index is 12.1. The second-order valence-corrected chi connectivity index (χ2v) is 8.25. The molecule has 22 heavy (non-hydrogen) atoms. The Hall–Kier alpha value is -1.56. The number of sulfonamides is 1. The Kier molecular flexibility index (Phi) is 4.80. The molecule has 1 N–H and O–H groups in total. The molecule has 1 atom stereocenters. The number of nitrogens with zero attached hydrogens (tertiary/aromatic N) is 1. The molecule has 1 aliphatic heterocycles. The quantitative estimate of drug-likeness (QED) is 0.902. The van der Waals surface area contributed by atoms with Crippen LogP contribution in [-0.4, -0.2) is 33.2 Å². The minimum absolute atomic E-state index is 0.103. The molecule has 0 aliphatic carbocycles. The van der Waals surface area contributed by atoms with E-state index in [1.54, 1.807) is 12.1 Å². The van der Waals surface area contributed by atoms with E-state index < -0.39 is 10.0 Å². The van der Waals surface area contributed by atoms with Gasteiger partial charge in [-0.15, -0.1) is 0 Å². The zero-order chi connectivity index (χ0) is 16.5. The third kappa shape index (κ3) is 3.61. The van der Waals surface area contributed by atoms with Crippen LogP contribution in [0.2, 0.25) is 0 Å². The van der Waals surface area contributed by atoms with E-state index in [0.717, 1.165) is 12.0 Å². The maximum absolute atomic E-state index is 12.1. The van der Waals surface area contributed by atoms with Gasteiger partial charge in [0.2, 0.25) is 10.0 Å². The lowest BCUT2D eigenvalue weighted by molar-refractivity contribution is 0.0952. The number of hydrogen-bond acceptors (Lipinski definition) is 3. The number of hydrogen-bond donors (Lipinski definition) is 1. The van der Waals surface area contributed by atoms with E-state index in [1.165, 1.54) is 10.6 Å². The monoisotopic (exact) mass is 324 g/mol. The smallest absolute Gasteiger partial charge is 0.251 e. The highest BCUT2D eigenvalue weighted by Gasteiger charge is 2.32. The second-order valence-electron chi connectivity index (χ2n) is 6.39. The standard InChI is InChI=1S/C16H24N2O3S/c1-11(2)7-8-17-16(19)13-5-6-15-14(10-13)9-12(3)18(15)22(4,20)21/h5-6,10-12H,7-9H2,1-4H3,(H,17,19). The number of amides is 1. The molecule has 6 heteroatoms. The topological polar surface area (TPSA) is 66.5 Å². The molecular formula is C16H24N2O3S. The number of nitrogens with one attached hydrogen (secondary N) is 1. The van der Waals surface area contributed by atoms with Gasteiger partial charge in [-0.2, -0.15) is 0 Å². The summed E-state index contributed by atoms with van der Waals surface area (Å²) in [6, 6.07) is 5.13. The van der Waals surface area contributed by atoms with Crippen LogP contribution in [-0.2, 0) is 16.4 Å². The molecule has 122 valence electrons. The van der Waals surface area contributed by atoms with Crippen molar-refractivity contribution in [3.63, 3.8) is 0 Å². The predicted octanol–water partition coefficient (Wildman–Crippen LogP) is 2.17. The van der Waals surface area contributed by atoms with Gasteiger partial charge in [-0.05, 0) is 49.4 Å². The van der Waals surface area contributed by atoms with Crippen LogP contribution in [0, 0.1) is 5.92 Å². The van der Waals surface area contributed by atoms with Gasteiger partial charge in [-0.25, -0.2) is 8.42 Å². The van der Waals surface area contributed by atoms with Crippen molar-refractivity contribution in [2.75, 3.05) is 17.1 Å². The van der Waals surface area contributed by atoms with Gasteiger partial charge in [0.05, 0.1) is 11.9 Å². The summed E-state index contributed by atoms with van der Waals surface area (Å²) in [6.07, 6.45) is 2.79. The fraction of sp³-hybridized carbons (Fsp3) is 0.562. The van der Waals surface area contributed by atoms with Gasteiger partial charge in [0.25, 0.3) is 5.91 Å². The lowest BCUT2D eigenvalue weighted by Crippen LogP contribution is -2.34. The largest absolute Gasteiger partial charge is 0.352 e. The molecule has 0 aromatic heterocycles. The summed E-state index contributed by atoms with van der Waals surface area (Å²) in [4.78, 5) is 12.1. The van der Waals surface area contributed by atoms with Gasteiger partial charge in [0.15, 0.2) is 0 Å². The van der Waals surface area contributed by atoms with Crippen molar-refractivity contribution in [1.29, 1.82) is 0 Å². The molecule has 1 heterocycles. The normalized spacial score (nSPS) is 17.7. The molecule has 0 fully saturated rings. The molecule has 1 aromatic rings. The molecule has 5 nitrogen and oxygen atoms in total. The average molecular weight is 324 g/mol. The van der Waals surface area contributed by atoms with Crippen LogP contribution in [0.1, 0.15) is 43.1 Å². The number of carbonyl (C=O) groups excluding carboxylic acids is 1. The predicted molar refractivity (Wildman–Crippen MR) is 88.7 cm³/mol. The molecule has 1 amide bonds. The van der Waals surface area contributed by atoms with Crippen LogP contribution >= 0.6 is 0 Å². The number of rotatable bonds is 5. The van der Waals surface area contributed by atoms with Gasteiger partial charge in [0, 0.05) is 18.2 Å². The Morgan fingerprint density at radius 2 is 2.09 bits per heavy atom. The first-order valence-corrected chi connectivity index (χ1v) is 9.45. The van der Waals surface area contributed by atoms with Crippen molar-refractivity contribution >= 4 is 21.6 Å². The van der Waals surface area contributed by atoms with Crippen molar-refractivity contribution in [3.05, 3.63) is 29.3 Å². The summed E-state index contributed by atoms with van der Waals surface area (Å²) in [5.41, 5.74) is 2.19. The van der Waals surface area contributed by atoms with E-state index in [1.807, 2.05) is 13.0 Å². The van der Waals surface area contributed by atoms with E-state index in [4.69, 9.17) is 0 Å². The van der Waals surface area contributed by atoms with Crippen molar-refractivity contribution in [3.8, 4) is 0 Å². The van der Waals surface area contributed by atoms with E-state index in [9.17, 15) is 13.2 Å². The molecule has 0 radical (unpaired) electrons. The molecule has 1 aromatic carbocycles. The third-order valence-corrected chi connectivity index (χ3v) is 5.13. The second kappa shape index (κ2) is 6.28. The first-order chi connectivity index (χ1) is 10.2. The van der Waals surface area contributed by atoms with Crippen molar-refractivity contribution in [1.82, 2.24) is 5.32 Å². The van der Waals surface area contributed by atoms with E-state index in [2.05, 4.69) is 19.2 Å². The van der Waals surface area contributed by atoms with Gasteiger partial charge in [-0.1, -0.05) is 13.8 Å². The molecular weight excluding hydrogens is 300 g/mol. The van der Waals surface area contributed by atoms with E-state index in [-0.39, 0.29) is 11.9 Å². The van der Waals surface area contributed by atoms with Crippen LogP contribution in [0.3, 0.4) is 0 Å². The molecule has 2 rings (SSSR count). The Bertz CT molecular complexity index is 668. The molecule has 0 saturated heterocycles. The van der Waals surface area contributed by atoms with Crippen LogP contribution in [0.4, 0.5) is 5.69 Å². The molecule has 0 bridgehead atoms.